The van der Waals surface area contributed by atoms with Gasteiger partial charge in [-0.25, -0.2) is 14.4 Å². The lowest BCUT2D eigenvalue weighted by atomic mass is 10.1. The van der Waals surface area contributed by atoms with Gasteiger partial charge in [-0.1, -0.05) is 23.7 Å². The van der Waals surface area contributed by atoms with Gasteiger partial charge in [-0.3, -0.25) is 14.6 Å². The van der Waals surface area contributed by atoms with Gasteiger partial charge in [0.1, 0.15) is 5.82 Å². The highest BCUT2D eigenvalue weighted by atomic mass is 35.5. The van der Waals surface area contributed by atoms with Crippen molar-refractivity contribution in [3.8, 4) is 5.88 Å². The van der Waals surface area contributed by atoms with E-state index in [9.17, 15) is 14.0 Å². The van der Waals surface area contributed by atoms with Crippen LogP contribution in [0.1, 0.15) is 21.6 Å². The first kappa shape index (κ1) is 23.6. The van der Waals surface area contributed by atoms with E-state index in [1.54, 1.807) is 28.0 Å². The molecule has 0 spiro atoms. The number of aromatic nitrogens is 3. The average molecular weight is 484 g/mol. The molecule has 0 radical (unpaired) electrons. The molecule has 1 fully saturated rings. The van der Waals surface area contributed by atoms with Gasteiger partial charge in [-0.15, -0.1) is 0 Å². The third kappa shape index (κ3) is 6.05. The van der Waals surface area contributed by atoms with E-state index < -0.39 is 0 Å². The first-order valence-electron chi connectivity index (χ1n) is 10.9. The third-order valence-corrected chi connectivity index (χ3v) is 5.79. The predicted molar refractivity (Wildman–Crippen MR) is 123 cm³/mol. The summed E-state index contributed by atoms with van der Waals surface area (Å²) in [4.78, 5) is 41.1. The zero-order valence-corrected chi connectivity index (χ0v) is 19.1. The minimum Gasteiger partial charge on any atom is -0.477 e. The number of halogens is 2. The number of hydrogen-bond donors (Lipinski definition) is 0. The van der Waals surface area contributed by atoms with E-state index in [2.05, 4.69) is 15.0 Å². The van der Waals surface area contributed by atoms with Gasteiger partial charge in [-0.2, -0.15) is 0 Å². The maximum Gasteiger partial charge on any atom is 0.254 e. The Morgan fingerprint density at radius 1 is 0.971 bits per heavy atom. The van der Waals surface area contributed by atoms with Crippen molar-refractivity contribution in [3.05, 3.63) is 82.8 Å². The Kier molecular flexibility index (Phi) is 7.64. The highest BCUT2D eigenvalue weighted by Gasteiger charge is 2.26. The quantitative estimate of drug-likeness (QED) is 0.513. The maximum absolute atomic E-state index is 13.3. The summed E-state index contributed by atoms with van der Waals surface area (Å²) in [6.45, 7) is 1.98. The second kappa shape index (κ2) is 11.0. The van der Waals surface area contributed by atoms with E-state index in [0.29, 0.717) is 56.3 Å². The minimum absolute atomic E-state index is 0.0707. The lowest BCUT2D eigenvalue weighted by Gasteiger charge is -2.34. The lowest BCUT2D eigenvalue weighted by molar-refractivity contribution is -0.132. The van der Waals surface area contributed by atoms with Crippen LogP contribution in [0.25, 0.3) is 0 Å². The van der Waals surface area contributed by atoms with Crippen LogP contribution in [0.3, 0.4) is 0 Å². The molecule has 0 unspecified atom stereocenters. The van der Waals surface area contributed by atoms with E-state index in [-0.39, 0.29) is 29.2 Å². The van der Waals surface area contributed by atoms with Crippen molar-refractivity contribution in [1.29, 1.82) is 0 Å². The van der Waals surface area contributed by atoms with E-state index in [4.69, 9.17) is 16.3 Å². The highest BCUT2D eigenvalue weighted by molar-refractivity contribution is 6.30. The summed E-state index contributed by atoms with van der Waals surface area (Å²) in [5.41, 5.74) is 1.72. The molecule has 1 saturated heterocycles. The van der Waals surface area contributed by atoms with Crippen LogP contribution in [0.4, 0.5) is 4.39 Å². The second-order valence-corrected chi connectivity index (χ2v) is 8.11. The molecule has 3 aromatic rings. The molecule has 1 aliphatic rings. The number of ether oxygens (including phenoxy) is 1. The molecule has 176 valence electrons. The first-order chi connectivity index (χ1) is 16.5. The van der Waals surface area contributed by atoms with Crippen molar-refractivity contribution in [1.82, 2.24) is 24.8 Å². The third-order valence-electron chi connectivity index (χ3n) is 5.47. The molecule has 4 rings (SSSR count). The highest BCUT2D eigenvalue weighted by Crippen LogP contribution is 2.16. The number of rotatable bonds is 7. The molecule has 1 aliphatic heterocycles. The summed E-state index contributed by atoms with van der Waals surface area (Å²) in [5, 5.41) is 0.219. The topological polar surface area (TPSA) is 88.5 Å². The van der Waals surface area contributed by atoms with Gasteiger partial charge in [-0.05, 0) is 23.8 Å². The Labute approximate surface area is 201 Å². The SMILES string of the molecule is O=C(Cc1nccnc1Cl)N1CCN(C(=O)c2ccnc(OCCc3cccc(F)c3)c2)CC1. The van der Waals surface area contributed by atoms with Crippen molar-refractivity contribution in [3.63, 3.8) is 0 Å². The van der Waals surface area contributed by atoms with E-state index in [1.807, 2.05) is 6.07 Å². The fourth-order valence-corrected chi connectivity index (χ4v) is 3.82. The van der Waals surface area contributed by atoms with Crippen molar-refractivity contribution in [2.75, 3.05) is 32.8 Å². The molecule has 3 heterocycles. The van der Waals surface area contributed by atoms with Crippen LogP contribution in [0.2, 0.25) is 5.15 Å². The van der Waals surface area contributed by atoms with Crippen LogP contribution < -0.4 is 4.74 Å². The molecule has 0 saturated carbocycles. The molecule has 34 heavy (non-hydrogen) atoms. The number of hydrogen-bond acceptors (Lipinski definition) is 6. The molecule has 0 bridgehead atoms. The predicted octanol–water partition coefficient (Wildman–Crippen LogP) is 2.81. The van der Waals surface area contributed by atoms with Gasteiger partial charge < -0.3 is 14.5 Å². The van der Waals surface area contributed by atoms with Gasteiger partial charge in [0.05, 0.1) is 18.7 Å². The van der Waals surface area contributed by atoms with Crippen molar-refractivity contribution in [2.45, 2.75) is 12.8 Å². The summed E-state index contributed by atoms with van der Waals surface area (Å²) in [5.74, 6) is -0.215. The molecule has 10 heteroatoms. The molecule has 2 aromatic heterocycles. The van der Waals surface area contributed by atoms with Crippen LogP contribution in [-0.4, -0.2) is 69.4 Å². The number of piperazine rings is 1. The van der Waals surface area contributed by atoms with Crippen molar-refractivity contribution in [2.24, 2.45) is 0 Å². The number of carbonyl (C=O) groups is 2. The largest absolute Gasteiger partial charge is 0.477 e. The number of amides is 2. The van der Waals surface area contributed by atoms with Gasteiger partial charge in [0, 0.05) is 62.8 Å². The summed E-state index contributed by atoms with van der Waals surface area (Å²) in [6.07, 6.45) is 5.09. The number of benzene rings is 1. The Hall–Kier alpha value is -3.59. The summed E-state index contributed by atoms with van der Waals surface area (Å²) < 4.78 is 19.0. The summed E-state index contributed by atoms with van der Waals surface area (Å²) in [6, 6.07) is 9.57. The van der Waals surface area contributed by atoms with E-state index in [0.717, 1.165) is 5.56 Å². The molecule has 0 atom stereocenters. The van der Waals surface area contributed by atoms with Crippen molar-refractivity contribution >= 4 is 23.4 Å². The summed E-state index contributed by atoms with van der Waals surface area (Å²) >= 11 is 5.99. The molecule has 2 amide bonds. The number of nitrogens with zero attached hydrogens (tertiary/aromatic N) is 5. The van der Waals surface area contributed by atoms with E-state index >= 15 is 0 Å². The minimum atomic E-state index is -0.289. The first-order valence-corrected chi connectivity index (χ1v) is 11.2. The van der Waals surface area contributed by atoms with Gasteiger partial charge >= 0.3 is 0 Å². The fraction of sp³-hybridized carbons (Fsp3) is 0.292. The zero-order chi connectivity index (χ0) is 23.9. The maximum atomic E-state index is 13.3. The molecule has 8 nitrogen and oxygen atoms in total. The fourth-order valence-electron chi connectivity index (χ4n) is 3.65. The molecule has 1 aromatic carbocycles. The standard InChI is InChI=1S/C24H23ClFN5O3/c25-23-20(27-7-8-29-23)16-22(32)30-9-11-31(12-10-30)24(33)18-4-6-28-21(15-18)34-13-5-17-2-1-3-19(26)14-17/h1-4,6-8,14-15H,5,9-13,16H2. The van der Waals surface area contributed by atoms with Crippen LogP contribution in [0.5, 0.6) is 5.88 Å². The van der Waals surface area contributed by atoms with Crippen LogP contribution in [-0.2, 0) is 17.6 Å². The smallest absolute Gasteiger partial charge is 0.254 e. The Morgan fingerprint density at radius 2 is 1.74 bits per heavy atom. The molecular formula is C24H23ClFN5O3. The monoisotopic (exact) mass is 483 g/mol. The zero-order valence-electron chi connectivity index (χ0n) is 18.4. The van der Waals surface area contributed by atoms with Gasteiger partial charge in [0.2, 0.25) is 11.8 Å². The van der Waals surface area contributed by atoms with E-state index in [1.165, 1.54) is 30.7 Å². The summed E-state index contributed by atoms with van der Waals surface area (Å²) in [7, 11) is 0. The number of carbonyl (C=O) groups excluding carboxylic acids is 2. The van der Waals surface area contributed by atoms with Crippen molar-refractivity contribution < 1.29 is 18.7 Å². The molecular weight excluding hydrogens is 461 g/mol. The number of pyridine rings is 1. The lowest BCUT2D eigenvalue weighted by Crippen LogP contribution is -2.51. The van der Waals surface area contributed by atoms with Crippen LogP contribution >= 0.6 is 11.6 Å². The van der Waals surface area contributed by atoms with Gasteiger partial charge in [0.25, 0.3) is 5.91 Å². The molecule has 0 N–H and O–H groups in total. The Balaban J connectivity index is 1.28. The molecule has 0 aliphatic carbocycles. The Morgan fingerprint density at radius 3 is 2.50 bits per heavy atom. The average Bonchev–Trinajstić information content (AvgIpc) is 2.85. The normalized spacial score (nSPS) is 13.6. The van der Waals surface area contributed by atoms with Crippen LogP contribution in [0, 0.1) is 5.82 Å². The van der Waals surface area contributed by atoms with Gasteiger partial charge in [0.15, 0.2) is 5.15 Å². The second-order valence-electron chi connectivity index (χ2n) is 7.75. The van der Waals surface area contributed by atoms with Crippen LogP contribution in [0.15, 0.2) is 55.0 Å². The Bertz CT molecular complexity index is 1170.